The molecule has 0 radical (unpaired) electrons. The summed E-state index contributed by atoms with van der Waals surface area (Å²) in [5.74, 6) is -0.0865. The van der Waals surface area contributed by atoms with Gasteiger partial charge in [0.05, 0.1) is 13.2 Å². The van der Waals surface area contributed by atoms with Gasteiger partial charge in [-0.05, 0) is 24.2 Å². The van der Waals surface area contributed by atoms with Crippen LogP contribution in [0.4, 0.5) is 4.79 Å². The number of carbonyl (C=O) groups is 2. The second kappa shape index (κ2) is 18.3. The fourth-order valence-corrected chi connectivity index (χ4v) is 3.37. The second-order valence-electron chi connectivity index (χ2n) is 10.5. The van der Waals surface area contributed by atoms with Gasteiger partial charge in [-0.1, -0.05) is 112 Å². The van der Waals surface area contributed by atoms with E-state index >= 15 is 0 Å². The minimum Gasteiger partial charge on any atom is -0.464 e. The Bertz CT molecular complexity index is 457. The molecule has 1 atom stereocenters. The standard InChI is InChI=1S/C26H51NO4/c1-7-8-9-10-11-12-13-14-15-16-17-18-19-30-24(28)23(20-22(2)3)27-25(29)31-21-26(4,5)6/h22-23H,7-21H2,1-6H3,(H,27,29). The lowest BCUT2D eigenvalue weighted by Crippen LogP contribution is -2.43. The Morgan fingerprint density at radius 3 is 1.71 bits per heavy atom. The molecular formula is C26H51NO4. The van der Waals surface area contributed by atoms with Crippen molar-refractivity contribution >= 4 is 12.1 Å². The van der Waals surface area contributed by atoms with Gasteiger partial charge in [0.1, 0.15) is 6.04 Å². The van der Waals surface area contributed by atoms with Crippen LogP contribution in [0.1, 0.15) is 125 Å². The number of ether oxygens (including phenoxy) is 2. The van der Waals surface area contributed by atoms with Gasteiger partial charge >= 0.3 is 12.1 Å². The summed E-state index contributed by atoms with van der Waals surface area (Å²) >= 11 is 0. The molecule has 1 unspecified atom stereocenters. The number of hydrogen-bond donors (Lipinski definition) is 1. The lowest BCUT2D eigenvalue weighted by molar-refractivity contribution is -0.146. The van der Waals surface area contributed by atoms with Crippen LogP contribution in [-0.2, 0) is 14.3 Å². The van der Waals surface area contributed by atoms with E-state index in [1.807, 2.05) is 34.6 Å². The first-order valence-corrected chi connectivity index (χ1v) is 12.8. The lowest BCUT2D eigenvalue weighted by atomic mass is 9.99. The normalized spacial score (nSPS) is 12.6. The van der Waals surface area contributed by atoms with Gasteiger partial charge in [-0.15, -0.1) is 0 Å². The maximum absolute atomic E-state index is 12.4. The van der Waals surface area contributed by atoms with Crippen molar-refractivity contribution in [3.63, 3.8) is 0 Å². The number of unbranched alkanes of at least 4 members (excludes halogenated alkanes) is 11. The zero-order valence-electron chi connectivity index (χ0n) is 21.4. The molecule has 1 N–H and O–H groups in total. The van der Waals surface area contributed by atoms with E-state index in [0.717, 1.165) is 12.8 Å². The van der Waals surface area contributed by atoms with Crippen molar-refractivity contribution in [1.82, 2.24) is 5.32 Å². The van der Waals surface area contributed by atoms with Gasteiger partial charge in [0.25, 0.3) is 0 Å². The third kappa shape index (κ3) is 20.4. The van der Waals surface area contributed by atoms with Crippen molar-refractivity contribution in [3.05, 3.63) is 0 Å². The highest BCUT2D eigenvalue weighted by Gasteiger charge is 2.24. The van der Waals surface area contributed by atoms with Crippen molar-refractivity contribution in [2.24, 2.45) is 11.3 Å². The van der Waals surface area contributed by atoms with Crippen molar-refractivity contribution < 1.29 is 19.1 Å². The van der Waals surface area contributed by atoms with E-state index < -0.39 is 12.1 Å². The largest absolute Gasteiger partial charge is 0.464 e. The molecule has 0 aliphatic carbocycles. The van der Waals surface area contributed by atoms with Crippen molar-refractivity contribution in [3.8, 4) is 0 Å². The van der Waals surface area contributed by atoms with Crippen LogP contribution in [0.25, 0.3) is 0 Å². The SMILES string of the molecule is CCCCCCCCCCCCCCOC(=O)C(CC(C)C)NC(=O)OCC(C)(C)C. The molecule has 0 spiro atoms. The first-order chi connectivity index (χ1) is 14.7. The number of nitrogens with one attached hydrogen (secondary N) is 1. The Morgan fingerprint density at radius 1 is 0.774 bits per heavy atom. The monoisotopic (exact) mass is 441 g/mol. The van der Waals surface area contributed by atoms with Crippen LogP contribution in [0, 0.1) is 11.3 Å². The Labute approximate surface area is 192 Å². The van der Waals surface area contributed by atoms with E-state index in [1.54, 1.807) is 0 Å². The molecule has 5 nitrogen and oxygen atoms in total. The summed E-state index contributed by atoms with van der Waals surface area (Å²) in [7, 11) is 0. The molecule has 31 heavy (non-hydrogen) atoms. The molecule has 184 valence electrons. The molecule has 0 rings (SSSR count). The zero-order valence-corrected chi connectivity index (χ0v) is 21.4. The molecule has 0 saturated carbocycles. The third-order valence-electron chi connectivity index (χ3n) is 5.16. The van der Waals surface area contributed by atoms with Crippen LogP contribution >= 0.6 is 0 Å². The zero-order chi connectivity index (χ0) is 23.5. The first-order valence-electron chi connectivity index (χ1n) is 12.8. The summed E-state index contributed by atoms with van der Waals surface area (Å²) in [6.45, 7) is 13.0. The van der Waals surface area contributed by atoms with E-state index in [4.69, 9.17) is 9.47 Å². The topological polar surface area (TPSA) is 64.6 Å². The van der Waals surface area contributed by atoms with Crippen LogP contribution in [0.5, 0.6) is 0 Å². The Balaban J connectivity index is 3.89. The number of amides is 1. The fourth-order valence-electron chi connectivity index (χ4n) is 3.37. The van der Waals surface area contributed by atoms with Gasteiger partial charge < -0.3 is 14.8 Å². The molecule has 0 aliphatic rings. The fraction of sp³-hybridized carbons (Fsp3) is 0.923. The van der Waals surface area contributed by atoms with Gasteiger partial charge in [0, 0.05) is 0 Å². The lowest BCUT2D eigenvalue weighted by Gasteiger charge is -2.22. The van der Waals surface area contributed by atoms with E-state index in [9.17, 15) is 9.59 Å². The molecule has 0 aromatic heterocycles. The quantitative estimate of drug-likeness (QED) is 0.177. The van der Waals surface area contributed by atoms with Crippen LogP contribution in [0.3, 0.4) is 0 Å². The van der Waals surface area contributed by atoms with Crippen LogP contribution in [0.2, 0.25) is 0 Å². The summed E-state index contributed by atoms with van der Waals surface area (Å²) in [5.41, 5.74) is -0.111. The smallest absolute Gasteiger partial charge is 0.407 e. The Kier molecular flexibility index (Phi) is 17.6. The summed E-state index contributed by atoms with van der Waals surface area (Å²) < 4.78 is 10.7. The van der Waals surface area contributed by atoms with E-state index in [0.29, 0.717) is 19.6 Å². The Morgan fingerprint density at radius 2 is 1.26 bits per heavy atom. The van der Waals surface area contributed by atoms with Crippen molar-refractivity contribution in [2.45, 2.75) is 131 Å². The number of esters is 1. The van der Waals surface area contributed by atoms with E-state index in [-0.39, 0.29) is 17.3 Å². The molecule has 0 heterocycles. The van der Waals surface area contributed by atoms with Gasteiger partial charge in [0.15, 0.2) is 0 Å². The maximum atomic E-state index is 12.4. The highest BCUT2D eigenvalue weighted by molar-refractivity contribution is 5.81. The molecule has 1 amide bonds. The average molecular weight is 442 g/mol. The molecule has 5 heteroatoms. The molecular weight excluding hydrogens is 390 g/mol. The molecule has 0 aromatic rings. The summed E-state index contributed by atoms with van der Waals surface area (Å²) in [5, 5.41) is 2.68. The summed E-state index contributed by atoms with van der Waals surface area (Å²) in [6, 6.07) is -0.648. The maximum Gasteiger partial charge on any atom is 0.407 e. The minimum atomic E-state index is -0.648. The van der Waals surface area contributed by atoms with Gasteiger partial charge in [-0.2, -0.15) is 0 Å². The van der Waals surface area contributed by atoms with Crippen molar-refractivity contribution in [1.29, 1.82) is 0 Å². The van der Waals surface area contributed by atoms with Gasteiger partial charge in [-0.3, -0.25) is 0 Å². The molecule has 0 aliphatic heterocycles. The van der Waals surface area contributed by atoms with Gasteiger partial charge in [-0.25, -0.2) is 9.59 Å². The molecule has 0 saturated heterocycles. The van der Waals surface area contributed by atoms with Gasteiger partial charge in [0.2, 0.25) is 0 Å². The second-order valence-corrected chi connectivity index (χ2v) is 10.5. The van der Waals surface area contributed by atoms with Crippen LogP contribution < -0.4 is 5.32 Å². The molecule has 0 aromatic carbocycles. The molecule has 0 bridgehead atoms. The van der Waals surface area contributed by atoms with E-state index in [1.165, 1.54) is 64.2 Å². The van der Waals surface area contributed by atoms with E-state index in [2.05, 4.69) is 12.2 Å². The number of carbonyl (C=O) groups excluding carboxylic acids is 2. The highest BCUT2D eigenvalue weighted by Crippen LogP contribution is 2.14. The molecule has 0 fully saturated rings. The third-order valence-corrected chi connectivity index (χ3v) is 5.16. The average Bonchev–Trinajstić information content (AvgIpc) is 2.68. The number of rotatable bonds is 18. The van der Waals surface area contributed by atoms with Crippen LogP contribution in [-0.4, -0.2) is 31.3 Å². The van der Waals surface area contributed by atoms with Crippen molar-refractivity contribution in [2.75, 3.05) is 13.2 Å². The predicted octanol–water partition coefficient (Wildman–Crippen LogP) is 7.42. The number of hydrogen-bond acceptors (Lipinski definition) is 4. The minimum absolute atomic E-state index is 0.111. The summed E-state index contributed by atoms with van der Waals surface area (Å²) in [4.78, 5) is 24.5. The Hall–Kier alpha value is -1.26. The first kappa shape index (κ1) is 29.7. The van der Waals surface area contributed by atoms with Crippen LogP contribution in [0.15, 0.2) is 0 Å². The summed E-state index contributed by atoms with van der Waals surface area (Å²) in [6.07, 6.45) is 15.3. The highest BCUT2D eigenvalue weighted by atomic mass is 16.6. The predicted molar refractivity (Wildman–Crippen MR) is 129 cm³/mol. The number of alkyl carbamates (subject to hydrolysis) is 1.